The molecule has 0 spiro atoms. The Morgan fingerprint density at radius 2 is 1.43 bits per heavy atom. The van der Waals surface area contributed by atoms with Crippen LogP contribution in [0.2, 0.25) is 0 Å². The summed E-state index contributed by atoms with van der Waals surface area (Å²) in [6.45, 7) is 6.00. The van der Waals surface area contributed by atoms with Crippen LogP contribution in [0, 0.1) is 11.8 Å². The predicted octanol–water partition coefficient (Wildman–Crippen LogP) is 1.60. The van der Waals surface area contributed by atoms with Gasteiger partial charge >= 0.3 is 11.9 Å². The molecule has 1 aliphatic heterocycles. The summed E-state index contributed by atoms with van der Waals surface area (Å²) < 4.78 is 4.56. The van der Waals surface area contributed by atoms with Crippen LogP contribution in [-0.2, 0) is 14.3 Å². The van der Waals surface area contributed by atoms with E-state index >= 15 is 0 Å². The summed E-state index contributed by atoms with van der Waals surface area (Å²) >= 11 is 0. The Morgan fingerprint density at radius 1 is 1.00 bits per heavy atom. The monoisotopic (exact) mass is 192 g/mol. The van der Waals surface area contributed by atoms with Gasteiger partial charge in [-0.15, -0.1) is 13.2 Å². The molecule has 1 fully saturated rings. The summed E-state index contributed by atoms with van der Waals surface area (Å²) in [7, 11) is 0. The van der Waals surface area contributed by atoms with Gasteiger partial charge in [-0.25, -0.2) is 9.59 Å². The van der Waals surface area contributed by atoms with Crippen LogP contribution < -0.4 is 0 Å². The van der Waals surface area contributed by atoms with Crippen molar-refractivity contribution in [2.75, 3.05) is 0 Å². The molecule has 2 bridgehead atoms. The van der Waals surface area contributed by atoms with E-state index in [-0.39, 0.29) is 11.9 Å². The highest BCUT2D eigenvalue weighted by Gasteiger charge is 2.50. The second kappa shape index (κ2) is 3.08. The van der Waals surface area contributed by atoms with Crippen molar-refractivity contribution in [2.24, 2.45) is 11.8 Å². The maximum absolute atomic E-state index is 11.2. The van der Waals surface area contributed by atoms with E-state index in [2.05, 4.69) is 17.9 Å². The molecule has 0 aromatic carbocycles. The summed E-state index contributed by atoms with van der Waals surface area (Å²) in [6, 6.07) is 0. The maximum Gasteiger partial charge on any atom is 0.342 e. The van der Waals surface area contributed by atoms with Crippen molar-refractivity contribution in [2.45, 2.75) is 19.3 Å². The van der Waals surface area contributed by atoms with Gasteiger partial charge in [-0.3, -0.25) is 0 Å². The molecular formula is C11H12O3. The third-order valence-corrected chi connectivity index (χ3v) is 3.16. The van der Waals surface area contributed by atoms with Crippen molar-refractivity contribution in [1.29, 1.82) is 0 Å². The molecule has 0 aromatic rings. The van der Waals surface area contributed by atoms with Gasteiger partial charge in [-0.1, -0.05) is 0 Å². The average Bonchev–Trinajstić information content (AvgIpc) is 2.84. The normalized spacial score (nSPS) is 32.6. The molecule has 0 saturated heterocycles. The highest BCUT2D eigenvalue weighted by atomic mass is 16.6. The average molecular weight is 192 g/mol. The molecule has 3 nitrogen and oxygen atoms in total. The molecule has 3 rings (SSSR count). The Balaban J connectivity index is 0.000000354. The van der Waals surface area contributed by atoms with Crippen LogP contribution >= 0.6 is 0 Å². The smallest absolute Gasteiger partial charge is 0.342 e. The Labute approximate surface area is 82.4 Å². The Hall–Kier alpha value is -1.38. The molecular weight excluding hydrogens is 180 g/mol. The Kier molecular flexibility index (Phi) is 2.02. The first kappa shape index (κ1) is 9.19. The number of hydrogen-bond donors (Lipinski definition) is 0. The molecule has 0 radical (unpaired) electrons. The fourth-order valence-electron chi connectivity index (χ4n) is 2.69. The number of cyclic esters (lactones) is 2. The molecule has 2 unspecified atom stereocenters. The Bertz CT molecular complexity index is 310. The van der Waals surface area contributed by atoms with Crippen LogP contribution in [-0.4, -0.2) is 11.9 Å². The van der Waals surface area contributed by atoms with Crippen LogP contribution in [0.25, 0.3) is 0 Å². The summed E-state index contributed by atoms with van der Waals surface area (Å²) in [5.74, 6) is -0.0719. The third-order valence-electron chi connectivity index (χ3n) is 3.16. The maximum atomic E-state index is 11.2. The zero-order chi connectivity index (χ0) is 10.3. The topological polar surface area (TPSA) is 43.4 Å². The highest BCUT2D eigenvalue weighted by molar-refractivity contribution is 6.13. The zero-order valence-corrected chi connectivity index (χ0v) is 7.91. The molecule has 2 atom stereocenters. The van der Waals surface area contributed by atoms with Gasteiger partial charge in [0.1, 0.15) is 0 Å². The number of carbonyl (C=O) groups excluding carboxylic acids is 2. The number of esters is 2. The SMILES string of the molecule is C=C.O=C1OC(=O)C2=C1C1CCC2C1. The summed E-state index contributed by atoms with van der Waals surface area (Å²) in [6.07, 6.45) is 3.13. The molecule has 1 saturated carbocycles. The second-order valence-corrected chi connectivity index (χ2v) is 3.71. The fourth-order valence-corrected chi connectivity index (χ4v) is 2.69. The van der Waals surface area contributed by atoms with Crippen LogP contribution in [0.3, 0.4) is 0 Å². The molecule has 3 aliphatic rings. The number of rotatable bonds is 0. The lowest BCUT2D eigenvalue weighted by atomic mass is 9.93. The van der Waals surface area contributed by atoms with E-state index in [1.807, 2.05) is 0 Å². The summed E-state index contributed by atoms with van der Waals surface area (Å²) in [4.78, 5) is 22.3. The number of fused-ring (bicyclic) bond motifs is 4. The Morgan fingerprint density at radius 3 is 1.86 bits per heavy atom. The van der Waals surface area contributed by atoms with Crippen molar-refractivity contribution in [3.8, 4) is 0 Å². The predicted molar refractivity (Wildman–Crippen MR) is 50.2 cm³/mol. The van der Waals surface area contributed by atoms with Crippen molar-refractivity contribution in [3.05, 3.63) is 24.3 Å². The van der Waals surface area contributed by atoms with E-state index in [0.717, 1.165) is 19.3 Å². The van der Waals surface area contributed by atoms with E-state index in [0.29, 0.717) is 23.0 Å². The second-order valence-electron chi connectivity index (χ2n) is 3.71. The van der Waals surface area contributed by atoms with E-state index < -0.39 is 0 Å². The third kappa shape index (κ3) is 0.983. The van der Waals surface area contributed by atoms with E-state index in [1.54, 1.807) is 0 Å². The zero-order valence-electron chi connectivity index (χ0n) is 7.91. The molecule has 74 valence electrons. The van der Waals surface area contributed by atoms with Crippen LogP contribution in [0.1, 0.15) is 19.3 Å². The van der Waals surface area contributed by atoms with Crippen LogP contribution in [0.15, 0.2) is 24.3 Å². The van der Waals surface area contributed by atoms with Crippen molar-refractivity contribution < 1.29 is 14.3 Å². The minimum atomic E-state index is -0.373. The first-order valence-corrected chi connectivity index (χ1v) is 4.78. The van der Waals surface area contributed by atoms with Gasteiger partial charge in [0.05, 0.1) is 11.1 Å². The number of carbonyl (C=O) groups is 2. The number of hydrogen-bond acceptors (Lipinski definition) is 3. The van der Waals surface area contributed by atoms with Gasteiger partial charge in [-0.2, -0.15) is 0 Å². The van der Waals surface area contributed by atoms with Gasteiger partial charge < -0.3 is 4.74 Å². The molecule has 1 heterocycles. The minimum absolute atomic E-state index is 0.337. The molecule has 3 heteroatoms. The minimum Gasteiger partial charge on any atom is -0.386 e. The van der Waals surface area contributed by atoms with Crippen molar-refractivity contribution in [3.63, 3.8) is 0 Å². The van der Waals surface area contributed by atoms with E-state index in [1.165, 1.54) is 0 Å². The van der Waals surface area contributed by atoms with Crippen LogP contribution in [0.4, 0.5) is 0 Å². The van der Waals surface area contributed by atoms with Gasteiger partial charge in [0.25, 0.3) is 0 Å². The van der Waals surface area contributed by atoms with Crippen molar-refractivity contribution >= 4 is 11.9 Å². The first-order valence-electron chi connectivity index (χ1n) is 4.78. The largest absolute Gasteiger partial charge is 0.386 e. The van der Waals surface area contributed by atoms with E-state index in [9.17, 15) is 9.59 Å². The highest BCUT2D eigenvalue weighted by Crippen LogP contribution is 2.51. The summed E-state index contributed by atoms with van der Waals surface area (Å²) in [5, 5.41) is 0. The van der Waals surface area contributed by atoms with Gasteiger partial charge in [0.2, 0.25) is 0 Å². The van der Waals surface area contributed by atoms with Crippen LogP contribution in [0.5, 0.6) is 0 Å². The summed E-state index contributed by atoms with van der Waals surface area (Å²) in [5.41, 5.74) is 1.41. The molecule has 2 aliphatic carbocycles. The molecule has 0 amide bonds. The lowest BCUT2D eigenvalue weighted by Gasteiger charge is -2.06. The lowest BCUT2D eigenvalue weighted by molar-refractivity contribution is -0.151. The van der Waals surface area contributed by atoms with Gasteiger partial charge in [0, 0.05) is 0 Å². The van der Waals surface area contributed by atoms with Gasteiger partial charge in [0.15, 0.2) is 0 Å². The van der Waals surface area contributed by atoms with E-state index in [4.69, 9.17) is 0 Å². The van der Waals surface area contributed by atoms with Crippen molar-refractivity contribution in [1.82, 2.24) is 0 Å². The number of ether oxygens (including phenoxy) is 1. The molecule has 0 aromatic heterocycles. The quantitative estimate of drug-likeness (QED) is 0.332. The molecule has 14 heavy (non-hydrogen) atoms. The fraction of sp³-hybridized carbons (Fsp3) is 0.455. The molecule has 0 N–H and O–H groups in total. The first-order chi connectivity index (χ1) is 6.77. The lowest BCUT2D eigenvalue weighted by Crippen LogP contribution is -2.08. The standard InChI is InChI=1S/C9H8O3.C2H4/c10-8-6-4-1-2-5(3-4)7(6)9(11)12-8;1-2/h4-5H,1-3H2;1-2H2. The van der Waals surface area contributed by atoms with Gasteiger partial charge in [-0.05, 0) is 31.1 Å².